The van der Waals surface area contributed by atoms with Crippen LogP contribution in [0, 0.1) is 0 Å². The average molecular weight is 289 g/mol. The number of piperazine rings is 1. The van der Waals surface area contributed by atoms with Crippen molar-refractivity contribution in [2.24, 2.45) is 0 Å². The predicted octanol–water partition coefficient (Wildman–Crippen LogP) is 2.82. The van der Waals surface area contributed by atoms with Crippen molar-refractivity contribution in [2.75, 3.05) is 33.2 Å². The van der Waals surface area contributed by atoms with Gasteiger partial charge < -0.3 is 4.90 Å². The van der Waals surface area contributed by atoms with Crippen molar-refractivity contribution in [2.45, 2.75) is 13.0 Å². The lowest BCUT2D eigenvalue weighted by Gasteiger charge is -2.36. The van der Waals surface area contributed by atoms with Crippen LogP contribution in [-0.2, 0) is 0 Å². The zero-order valence-electron chi connectivity index (χ0n) is 9.24. The van der Waals surface area contributed by atoms with E-state index in [-0.39, 0.29) is 0 Å². The monoisotopic (exact) mass is 288 g/mol. The lowest BCUT2D eigenvalue weighted by Crippen LogP contribution is -2.45. The molecule has 1 fully saturated rings. The molecule has 0 aliphatic carbocycles. The summed E-state index contributed by atoms with van der Waals surface area (Å²) in [6, 6.07) is 4.94. The molecule has 1 unspecified atom stereocenters. The molecule has 0 aromatic carbocycles. The predicted molar refractivity (Wildman–Crippen MR) is 69.5 cm³/mol. The smallest absolute Gasteiger partial charge is 0.0701 e. The summed E-state index contributed by atoms with van der Waals surface area (Å²) in [6.45, 7) is 7.07. The van der Waals surface area contributed by atoms with Gasteiger partial charge in [0.2, 0.25) is 0 Å². The van der Waals surface area contributed by atoms with Crippen molar-refractivity contribution in [1.82, 2.24) is 9.80 Å². The molecule has 2 nitrogen and oxygen atoms in total. The Labute approximate surface area is 104 Å². The van der Waals surface area contributed by atoms with Crippen LogP contribution in [-0.4, -0.2) is 43.0 Å². The zero-order valence-corrected chi connectivity index (χ0v) is 11.6. The van der Waals surface area contributed by atoms with Crippen LogP contribution in [0.4, 0.5) is 0 Å². The molecular weight excluding hydrogens is 272 g/mol. The molecule has 0 spiro atoms. The summed E-state index contributed by atoms with van der Waals surface area (Å²) in [5, 5.41) is 0. The molecule has 1 aromatic rings. The van der Waals surface area contributed by atoms with Gasteiger partial charge in [-0.2, -0.15) is 0 Å². The molecule has 0 N–H and O–H groups in total. The van der Waals surface area contributed by atoms with Gasteiger partial charge in [0.15, 0.2) is 0 Å². The van der Waals surface area contributed by atoms with Gasteiger partial charge >= 0.3 is 0 Å². The quantitative estimate of drug-likeness (QED) is 0.826. The fourth-order valence-electron chi connectivity index (χ4n) is 1.94. The highest BCUT2D eigenvalue weighted by atomic mass is 79.9. The third kappa shape index (κ3) is 2.81. The molecule has 0 radical (unpaired) electrons. The van der Waals surface area contributed by atoms with Crippen LogP contribution in [0.2, 0.25) is 0 Å². The molecule has 0 amide bonds. The van der Waals surface area contributed by atoms with E-state index in [0.717, 1.165) is 0 Å². The number of halogens is 1. The van der Waals surface area contributed by atoms with Crippen LogP contribution in [0.15, 0.2) is 15.9 Å². The normalized spacial score (nSPS) is 21.8. The van der Waals surface area contributed by atoms with Crippen molar-refractivity contribution in [3.63, 3.8) is 0 Å². The molecule has 1 saturated heterocycles. The van der Waals surface area contributed by atoms with Gasteiger partial charge in [0, 0.05) is 37.1 Å². The van der Waals surface area contributed by atoms with E-state index in [2.05, 4.69) is 51.8 Å². The summed E-state index contributed by atoms with van der Waals surface area (Å²) in [6.07, 6.45) is 0. The molecule has 2 rings (SSSR count). The van der Waals surface area contributed by atoms with Crippen molar-refractivity contribution in [3.05, 3.63) is 20.8 Å². The molecule has 0 saturated carbocycles. The molecule has 84 valence electrons. The van der Waals surface area contributed by atoms with Gasteiger partial charge in [-0.25, -0.2) is 0 Å². The largest absolute Gasteiger partial charge is 0.304 e. The minimum atomic E-state index is 0.565. The third-order valence-corrected chi connectivity index (χ3v) is 4.89. The van der Waals surface area contributed by atoms with Crippen LogP contribution < -0.4 is 0 Å². The zero-order chi connectivity index (χ0) is 10.8. The van der Waals surface area contributed by atoms with E-state index in [0.29, 0.717) is 6.04 Å². The van der Waals surface area contributed by atoms with Crippen LogP contribution in [0.5, 0.6) is 0 Å². The number of hydrogen-bond donors (Lipinski definition) is 0. The van der Waals surface area contributed by atoms with E-state index in [1.807, 2.05) is 11.3 Å². The van der Waals surface area contributed by atoms with Crippen molar-refractivity contribution >= 4 is 27.3 Å². The highest BCUT2D eigenvalue weighted by Gasteiger charge is 2.20. The molecule has 0 bridgehead atoms. The molecule has 15 heavy (non-hydrogen) atoms. The van der Waals surface area contributed by atoms with Gasteiger partial charge in [0.05, 0.1) is 3.79 Å². The standard InChI is InChI=1S/C11H17BrN2S/c1-9(10-3-4-11(12)15-10)14-7-5-13(2)6-8-14/h3-4,9H,5-8H2,1-2H3. The van der Waals surface area contributed by atoms with Gasteiger partial charge in [-0.3, -0.25) is 4.90 Å². The summed E-state index contributed by atoms with van der Waals surface area (Å²) in [4.78, 5) is 6.43. The average Bonchev–Trinajstić information content (AvgIpc) is 2.65. The first kappa shape index (κ1) is 11.6. The summed E-state index contributed by atoms with van der Waals surface area (Å²) >= 11 is 5.38. The Morgan fingerprint density at radius 2 is 1.93 bits per heavy atom. The van der Waals surface area contributed by atoms with Gasteiger partial charge in [-0.1, -0.05) is 0 Å². The van der Waals surface area contributed by atoms with E-state index in [9.17, 15) is 0 Å². The van der Waals surface area contributed by atoms with E-state index < -0.39 is 0 Å². The Morgan fingerprint density at radius 1 is 1.27 bits per heavy atom. The van der Waals surface area contributed by atoms with Crippen molar-refractivity contribution < 1.29 is 0 Å². The van der Waals surface area contributed by atoms with Crippen LogP contribution in [0.25, 0.3) is 0 Å². The number of thiophene rings is 1. The van der Waals surface area contributed by atoms with Gasteiger partial charge in [0.25, 0.3) is 0 Å². The highest BCUT2D eigenvalue weighted by molar-refractivity contribution is 9.11. The SMILES string of the molecule is CC(c1ccc(Br)s1)N1CCN(C)CC1. The van der Waals surface area contributed by atoms with E-state index >= 15 is 0 Å². The molecular formula is C11H17BrN2S. The maximum atomic E-state index is 3.53. The molecule has 1 aliphatic rings. The highest BCUT2D eigenvalue weighted by Crippen LogP contribution is 2.30. The Balaban J connectivity index is 1.99. The Hall–Kier alpha value is 0.1000. The lowest BCUT2D eigenvalue weighted by molar-refractivity contribution is 0.120. The first-order valence-electron chi connectivity index (χ1n) is 5.34. The number of likely N-dealkylation sites (N-methyl/N-ethyl adjacent to an activating group) is 1. The second kappa shape index (κ2) is 4.95. The van der Waals surface area contributed by atoms with E-state index in [1.54, 1.807) is 0 Å². The summed E-state index contributed by atoms with van der Waals surface area (Å²) in [5.74, 6) is 0. The topological polar surface area (TPSA) is 6.48 Å². The van der Waals surface area contributed by atoms with Gasteiger partial charge in [-0.05, 0) is 42.0 Å². The fraction of sp³-hybridized carbons (Fsp3) is 0.636. The van der Waals surface area contributed by atoms with Crippen LogP contribution in [0.1, 0.15) is 17.8 Å². The Kier molecular flexibility index (Phi) is 3.83. The maximum absolute atomic E-state index is 3.53. The van der Waals surface area contributed by atoms with E-state index in [4.69, 9.17) is 0 Å². The molecule has 2 heterocycles. The van der Waals surface area contributed by atoms with Crippen LogP contribution >= 0.6 is 27.3 Å². The van der Waals surface area contributed by atoms with Gasteiger partial charge in [0.1, 0.15) is 0 Å². The Morgan fingerprint density at radius 3 is 2.47 bits per heavy atom. The maximum Gasteiger partial charge on any atom is 0.0701 e. The number of hydrogen-bond acceptors (Lipinski definition) is 3. The fourth-order valence-corrected chi connectivity index (χ4v) is 3.45. The summed E-state index contributed by atoms with van der Waals surface area (Å²) in [5.41, 5.74) is 0. The molecule has 1 aromatic heterocycles. The van der Waals surface area contributed by atoms with Crippen molar-refractivity contribution in [3.8, 4) is 0 Å². The first-order chi connectivity index (χ1) is 7.16. The lowest BCUT2D eigenvalue weighted by atomic mass is 10.2. The second-order valence-corrected chi connectivity index (χ2v) is 6.65. The molecule has 1 atom stereocenters. The third-order valence-electron chi connectivity index (χ3n) is 3.09. The molecule has 1 aliphatic heterocycles. The number of rotatable bonds is 2. The molecule has 4 heteroatoms. The number of nitrogens with zero attached hydrogens (tertiary/aromatic N) is 2. The minimum Gasteiger partial charge on any atom is -0.304 e. The first-order valence-corrected chi connectivity index (χ1v) is 6.95. The summed E-state index contributed by atoms with van der Waals surface area (Å²) < 4.78 is 1.23. The minimum absolute atomic E-state index is 0.565. The van der Waals surface area contributed by atoms with Gasteiger partial charge in [-0.15, -0.1) is 11.3 Å². The second-order valence-electron chi connectivity index (χ2n) is 4.16. The van der Waals surface area contributed by atoms with Crippen LogP contribution in [0.3, 0.4) is 0 Å². The Bertz CT molecular complexity index is 318. The van der Waals surface area contributed by atoms with Crippen molar-refractivity contribution in [1.29, 1.82) is 0 Å². The van der Waals surface area contributed by atoms with E-state index in [1.165, 1.54) is 34.8 Å². The summed E-state index contributed by atoms with van der Waals surface area (Å²) in [7, 11) is 2.20.